The monoisotopic (exact) mass is 399 g/mol. The highest BCUT2D eigenvalue weighted by atomic mass is 35.5. The van der Waals surface area contributed by atoms with E-state index in [1.807, 2.05) is 6.07 Å². The zero-order valence-corrected chi connectivity index (χ0v) is 15.7. The number of fused-ring (bicyclic) bond motifs is 1. The van der Waals surface area contributed by atoms with Crippen molar-refractivity contribution in [2.24, 2.45) is 5.73 Å². The number of rotatable bonds is 4. The standard InChI is InChI=1S/C20H19ClFN5O/c21-15-7-11(1-3-16(15)22)12-5-6-24-9-18(12)27-17-4-2-13(20(23)28)19-14(17)8-25-10-26-19/h1-4,7-8,10,12,18,24,27H,5-6,9H2,(H2,23,28)/t12-,18+/m0/s1. The van der Waals surface area contributed by atoms with Crippen LogP contribution in [-0.2, 0) is 0 Å². The zero-order chi connectivity index (χ0) is 19.7. The minimum atomic E-state index is -0.534. The second kappa shape index (κ2) is 7.69. The van der Waals surface area contributed by atoms with E-state index in [0.717, 1.165) is 36.1 Å². The molecule has 2 aromatic carbocycles. The Morgan fingerprint density at radius 1 is 1.32 bits per heavy atom. The SMILES string of the molecule is NC(=O)c1ccc(N[C@@H]2CNCC[C@H]2c2ccc(F)c(Cl)c2)c2cncnc12. The average Bonchev–Trinajstić information content (AvgIpc) is 2.70. The van der Waals surface area contributed by atoms with Crippen molar-refractivity contribution >= 4 is 34.1 Å². The van der Waals surface area contributed by atoms with Crippen LogP contribution >= 0.6 is 11.6 Å². The van der Waals surface area contributed by atoms with E-state index >= 15 is 0 Å². The van der Waals surface area contributed by atoms with E-state index in [4.69, 9.17) is 17.3 Å². The van der Waals surface area contributed by atoms with E-state index in [9.17, 15) is 9.18 Å². The fraction of sp³-hybridized carbons (Fsp3) is 0.250. The quantitative estimate of drug-likeness (QED) is 0.627. The van der Waals surface area contributed by atoms with Crippen molar-refractivity contribution in [3.8, 4) is 0 Å². The first kappa shape index (κ1) is 18.6. The number of hydrogen-bond donors (Lipinski definition) is 3. The molecule has 2 heterocycles. The van der Waals surface area contributed by atoms with Gasteiger partial charge in [-0.25, -0.2) is 14.4 Å². The van der Waals surface area contributed by atoms with Crippen LogP contribution in [0.4, 0.5) is 10.1 Å². The molecule has 0 saturated carbocycles. The van der Waals surface area contributed by atoms with Gasteiger partial charge in [0.15, 0.2) is 0 Å². The van der Waals surface area contributed by atoms with Crippen LogP contribution in [0.1, 0.15) is 28.3 Å². The smallest absolute Gasteiger partial charge is 0.250 e. The first-order chi connectivity index (χ1) is 13.5. The Morgan fingerprint density at radius 2 is 2.18 bits per heavy atom. The topological polar surface area (TPSA) is 92.9 Å². The lowest BCUT2D eigenvalue weighted by Gasteiger charge is -2.34. The third kappa shape index (κ3) is 3.50. The molecule has 28 heavy (non-hydrogen) atoms. The van der Waals surface area contributed by atoms with Crippen molar-refractivity contribution < 1.29 is 9.18 Å². The molecule has 1 amide bonds. The maximum absolute atomic E-state index is 13.6. The van der Waals surface area contributed by atoms with Gasteiger partial charge in [0.05, 0.1) is 16.1 Å². The van der Waals surface area contributed by atoms with Crippen molar-refractivity contribution in [3.63, 3.8) is 0 Å². The second-order valence-corrected chi connectivity index (χ2v) is 7.24. The number of primary amides is 1. The van der Waals surface area contributed by atoms with Gasteiger partial charge in [0.25, 0.3) is 5.91 Å². The van der Waals surface area contributed by atoms with E-state index in [-0.39, 0.29) is 17.0 Å². The number of benzene rings is 2. The minimum Gasteiger partial charge on any atom is -0.380 e. The molecule has 4 N–H and O–H groups in total. The predicted molar refractivity (Wildman–Crippen MR) is 107 cm³/mol. The average molecular weight is 400 g/mol. The molecular weight excluding hydrogens is 381 g/mol. The molecule has 1 fully saturated rings. The van der Waals surface area contributed by atoms with Gasteiger partial charge in [-0.1, -0.05) is 17.7 Å². The molecule has 3 aromatic rings. The number of amides is 1. The Kier molecular flexibility index (Phi) is 5.11. The van der Waals surface area contributed by atoms with E-state index < -0.39 is 11.7 Å². The molecule has 0 bridgehead atoms. The minimum absolute atomic E-state index is 0.0399. The van der Waals surface area contributed by atoms with Crippen LogP contribution in [0.25, 0.3) is 10.9 Å². The lowest BCUT2D eigenvalue weighted by molar-refractivity contribution is 0.100. The number of halogens is 2. The van der Waals surface area contributed by atoms with Crippen LogP contribution in [0.3, 0.4) is 0 Å². The molecule has 1 aromatic heterocycles. The Labute approximate surface area is 166 Å². The number of carbonyl (C=O) groups excluding carboxylic acids is 1. The normalized spacial score (nSPS) is 19.5. The molecule has 1 aliphatic rings. The summed E-state index contributed by atoms with van der Waals surface area (Å²) >= 11 is 5.99. The van der Waals surface area contributed by atoms with Crippen molar-refractivity contribution in [2.75, 3.05) is 18.4 Å². The Bertz CT molecular complexity index is 1040. The second-order valence-electron chi connectivity index (χ2n) is 6.83. The third-order valence-corrected chi connectivity index (χ3v) is 5.42. The first-order valence-corrected chi connectivity index (χ1v) is 9.37. The highest BCUT2D eigenvalue weighted by Crippen LogP contribution is 2.32. The molecule has 8 heteroatoms. The zero-order valence-electron chi connectivity index (χ0n) is 15.0. The van der Waals surface area contributed by atoms with Crippen molar-refractivity contribution in [1.29, 1.82) is 0 Å². The Balaban J connectivity index is 1.69. The maximum Gasteiger partial charge on any atom is 0.250 e. The van der Waals surface area contributed by atoms with Gasteiger partial charge < -0.3 is 16.4 Å². The summed E-state index contributed by atoms with van der Waals surface area (Å²) in [6, 6.07) is 8.40. The van der Waals surface area contributed by atoms with Crippen LogP contribution in [0, 0.1) is 5.82 Å². The van der Waals surface area contributed by atoms with Gasteiger partial charge in [0, 0.05) is 35.8 Å². The number of nitrogens with one attached hydrogen (secondary N) is 2. The van der Waals surface area contributed by atoms with Gasteiger partial charge in [-0.15, -0.1) is 0 Å². The molecule has 0 spiro atoms. The number of nitrogens with two attached hydrogens (primary N) is 1. The number of aromatic nitrogens is 2. The lowest BCUT2D eigenvalue weighted by Crippen LogP contribution is -2.44. The van der Waals surface area contributed by atoms with Gasteiger partial charge in [0.2, 0.25) is 0 Å². The molecule has 0 radical (unpaired) electrons. The molecule has 1 aliphatic heterocycles. The lowest BCUT2D eigenvalue weighted by atomic mass is 9.85. The largest absolute Gasteiger partial charge is 0.380 e. The predicted octanol–water partition coefficient (Wildman–Crippen LogP) is 3.08. The van der Waals surface area contributed by atoms with Crippen molar-refractivity contribution in [2.45, 2.75) is 18.4 Å². The summed E-state index contributed by atoms with van der Waals surface area (Å²) in [5.74, 6) is -0.808. The number of anilines is 1. The van der Waals surface area contributed by atoms with Gasteiger partial charge >= 0.3 is 0 Å². The van der Waals surface area contributed by atoms with Crippen LogP contribution in [0.15, 0.2) is 42.9 Å². The third-order valence-electron chi connectivity index (χ3n) is 5.13. The van der Waals surface area contributed by atoms with E-state index in [0.29, 0.717) is 11.1 Å². The van der Waals surface area contributed by atoms with Gasteiger partial charge in [-0.2, -0.15) is 0 Å². The molecule has 6 nitrogen and oxygen atoms in total. The van der Waals surface area contributed by atoms with E-state index in [1.54, 1.807) is 24.4 Å². The van der Waals surface area contributed by atoms with Crippen LogP contribution in [0.5, 0.6) is 0 Å². The summed E-state index contributed by atoms with van der Waals surface area (Å²) in [6.07, 6.45) is 3.94. The van der Waals surface area contributed by atoms with Gasteiger partial charge in [0.1, 0.15) is 12.1 Å². The molecule has 1 saturated heterocycles. The highest BCUT2D eigenvalue weighted by molar-refractivity contribution is 6.30. The summed E-state index contributed by atoms with van der Waals surface area (Å²) < 4.78 is 13.6. The van der Waals surface area contributed by atoms with Gasteiger partial charge in [-0.05, 0) is 42.8 Å². The van der Waals surface area contributed by atoms with E-state index in [2.05, 4.69) is 20.6 Å². The summed E-state index contributed by atoms with van der Waals surface area (Å²) in [5.41, 5.74) is 8.13. The molecular formula is C20H19ClFN5O. The maximum atomic E-state index is 13.6. The first-order valence-electron chi connectivity index (χ1n) is 8.99. The number of nitrogens with zero attached hydrogens (tertiary/aromatic N) is 2. The molecule has 144 valence electrons. The van der Waals surface area contributed by atoms with Crippen molar-refractivity contribution in [1.82, 2.24) is 15.3 Å². The van der Waals surface area contributed by atoms with Gasteiger partial charge in [-0.3, -0.25) is 4.79 Å². The Morgan fingerprint density at radius 3 is 2.96 bits per heavy atom. The fourth-order valence-corrected chi connectivity index (χ4v) is 3.94. The molecule has 0 aliphatic carbocycles. The molecule has 4 rings (SSSR count). The van der Waals surface area contributed by atoms with Crippen LogP contribution in [0.2, 0.25) is 5.02 Å². The number of carbonyl (C=O) groups is 1. The summed E-state index contributed by atoms with van der Waals surface area (Å²) in [4.78, 5) is 20.0. The van der Waals surface area contributed by atoms with Crippen LogP contribution in [-0.4, -0.2) is 35.0 Å². The van der Waals surface area contributed by atoms with Crippen molar-refractivity contribution in [3.05, 3.63) is 64.8 Å². The van der Waals surface area contributed by atoms with Crippen LogP contribution < -0.4 is 16.4 Å². The molecule has 0 unspecified atom stereocenters. The number of hydrogen-bond acceptors (Lipinski definition) is 5. The summed E-state index contributed by atoms with van der Waals surface area (Å²) in [7, 11) is 0. The number of piperidine rings is 1. The fourth-order valence-electron chi connectivity index (χ4n) is 3.75. The Hall–Kier alpha value is -2.77. The summed E-state index contributed by atoms with van der Waals surface area (Å²) in [5, 5.41) is 7.77. The molecule has 2 atom stereocenters. The summed E-state index contributed by atoms with van der Waals surface area (Å²) in [6.45, 7) is 1.59. The highest BCUT2D eigenvalue weighted by Gasteiger charge is 2.27. The van der Waals surface area contributed by atoms with E-state index in [1.165, 1.54) is 12.4 Å².